The zero-order valence-electron chi connectivity index (χ0n) is 34.9. The Kier molecular flexibility index (Phi) is 16.9. The van der Waals surface area contributed by atoms with Gasteiger partial charge in [0.25, 0.3) is 0 Å². The first-order chi connectivity index (χ1) is 27.8. The van der Waals surface area contributed by atoms with Gasteiger partial charge in [0, 0.05) is 43.6 Å². The summed E-state index contributed by atoms with van der Waals surface area (Å²) in [6, 6.07) is 31.8. The standard InChI is InChI=1S/C54H68N2/c1-3-5-7-9-11-13-15-17-19-23-31-45-37-39-53-49(43-45)47-33-25-27-35-51(47)55(53)41-29-21-22-30-42-56-52-36-28-26-34-48(52)50-44-46(38-40-54(50)56)32-24-20-18-16-14-12-10-8-6-4-2/h25-28,33-40,43-44H,3-20,23-24,31-32,41-42H2,1-2H3. The molecule has 56 heavy (non-hydrogen) atoms. The molecule has 2 heterocycles. The lowest BCUT2D eigenvalue weighted by Gasteiger charge is -2.05. The summed E-state index contributed by atoms with van der Waals surface area (Å²) in [5.74, 6) is 13.2. The van der Waals surface area contributed by atoms with Gasteiger partial charge < -0.3 is 9.13 Å². The van der Waals surface area contributed by atoms with Crippen LogP contribution in [0.2, 0.25) is 0 Å². The third kappa shape index (κ3) is 11.6. The van der Waals surface area contributed by atoms with Crippen LogP contribution in [-0.4, -0.2) is 9.13 Å². The molecular formula is C54H68N2. The van der Waals surface area contributed by atoms with Gasteiger partial charge in [-0.25, -0.2) is 0 Å². The molecule has 0 amide bonds. The molecule has 2 nitrogen and oxygen atoms in total. The highest BCUT2D eigenvalue weighted by Crippen LogP contribution is 2.31. The van der Waals surface area contributed by atoms with Crippen LogP contribution in [0.5, 0.6) is 0 Å². The number of nitrogens with zero attached hydrogens (tertiary/aromatic N) is 2. The fraction of sp³-hybridized carbons (Fsp3) is 0.481. The lowest BCUT2D eigenvalue weighted by molar-refractivity contribution is 0.556. The lowest BCUT2D eigenvalue weighted by Crippen LogP contribution is -1.96. The smallest absolute Gasteiger partial charge is 0.0853 e. The number of hydrogen-bond acceptors (Lipinski definition) is 0. The van der Waals surface area contributed by atoms with Gasteiger partial charge in [0.05, 0.1) is 13.1 Å². The van der Waals surface area contributed by atoms with Crippen LogP contribution in [0.4, 0.5) is 0 Å². The zero-order chi connectivity index (χ0) is 38.6. The molecule has 0 aliphatic heterocycles. The maximum atomic E-state index is 3.40. The molecule has 0 saturated carbocycles. The monoisotopic (exact) mass is 745 g/mol. The van der Waals surface area contributed by atoms with E-state index in [9.17, 15) is 0 Å². The molecule has 2 heteroatoms. The van der Waals surface area contributed by atoms with Crippen molar-refractivity contribution in [1.29, 1.82) is 0 Å². The molecule has 0 fully saturated rings. The Morgan fingerprint density at radius 3 is 1.09 bits per heavy atom. The highest BCUT2D eigenvalue weighted by molar-refractivity contribution is 6.09. The minimum atomic E-state index is 0.633. The predicted octanol–water partition coefficient (Wildman–Crippen LogP) is 15.5. The summed E-state index contributed by atoms with van der Waals surface area (Å²) in [6.07, 6.45) is 29.9. The van der Waals surface area contributed by atoms with Gasteiger partial charge >= 0.3 is 0 Å². The number of benzene rings is 4. The van der Waals surface area contributed by atoms with E-state index >= 15 is 0 Å². The van der Waals surface area contributed by atoms with Crippen molar-refractivity contribution in [2.75, 3.05) is 0 Å². The molecule has 0 N–H and O–H groups in total. The molecule has 0 atom stereocenters. The second-order valence-electron chi connectivity index (χ2n) is 16.4. The third-order valence-corrected chi connectivity index (χ3v) is 12.0. The summed E-state index contributed by atoms with van der Waals surface area (Å²) in [7, 11) is 0. The van der Waals surface area contributed by atoms with Crippen molar-refractivity contribution >= 4 is 43.6 Å². The fourth-order valence-electron chi connectivity index (χ4n) is 8.81. The van der Waals surface area contributed by atoms with E-state index in [4.69, 9.17) is 0 Å². The zero-order valence-corrected chi connectivity index (χ0v) is 34.9. The summed E-state index contributed by atoms with van der Waals surface area (Å²) >= 11 is 0. The van der Waals surface area contributed by atoms with Crippen LogP contribution >= 0.6 is 0 Å². The predicted molar refractivity (Wildman–Crippen MR) is 246 cm³/mol. The summed E-state index contributed by atoms with van der Waals surface area (Å²) in [6.45, 7) is 5.85. The van der Waals surface area contributed by atoms with E-state index < -0.39 is 0 Å². The minimum Gasteiger partial charge on any atom is -0.329 e. The van der Waals surface area contributed by atoms with Gasteiger partial charge in [-0.3, -0.25) is 0 Å². The van der Waals surface area contributed by atoms with Crippen LogP contribution < -0.4 is 0 Å². The summed E-state index contributed by atoms with van der Waals surface area (Å²) in [5.41, 5.74) is 7.92. The molecule has 0 aliphatic carbocycles. The first-order valence-corrected chi connectivity index (χ1v) is 22.7. The quantitative estimate of drug-likeness (QED) is 0.0431. The van der Waals surface area contributed by atoms with Crippen molar-refractivity contribution in [2.45, 2.75) is 168 Å². The van der Waals surface area contributed by atoms with E-state index in [2.05, 4.69) is 132 Å². The average Bonchev–Trinajstić information content (AvgIpc) is 3.72. The highest BCUT2D eigenvalue weighted by atomic mass is 15.0. The lowest BCUT2D eigenvalue weighted by atomic mass is 10.0. The van der Waals surface area contributed by atoms with Gasteiger partial charge in [0.2, 0.25) is 0 Å². The SMILES string of the molecule is CCCCCCCCCCCCc1ccc2c(c1)c1ccccc1n2CC#CC#CCn1c2ccccc2c2cc(CCCCCCCCCCCC)ccc21. The number of para-hydroxylation sites is 2. The number of rotatable bonds is 24. The van der Waals surface area contributed by atoms with Crippen LogP contribution in [-0.2, 0) is 25.9 Å². The van der Waals surface area contributed by atoms with Crippen molar-refractivity contribution < 1.29 is 0 Å². The van der Waals surface area contributed by atoms with Gasteiger partial charge in [-0.05, 0) is 85.0 Å². The van der Waals surface area contributed by atoms with Crippen LogP contribution in [0.25, 0.3) is 43.6 Å². The van der Waals surface area contributed by atoms with E-state index in [1.54, 1.807) is 0 Å². The van der Waals surface area contributed by atoms with Gasteiger partial charge in [0.1, 0.15) is 0 Å². The molecule has 6 rings (SSSR count). The number of aromatic nitrogens is 2. The number of hydrogen-bond donors (Lipinski definition) is 0. The van der Waals surface area contributed by atoms with Crippen LogP contribution in [0.1, 0.15) is 153 Å². The summed E-state index contributed by atoms with van der Waals surface area (Å²) in [5, 5.41) is 5.32. The van der Waals surface area contributed by atoms with Crippen LogP contribution in [0, 0.1) is 23.7 Å². The van der Waals surface area contributed by atoms with Crippen molar-refractivity contribution in [3.8, 4) is 23.7 Å². The number of aryl methyl sites for hydroxylation is 2. The van der Waals surface area contributed by atoms with E-state index in [0.29, 0.717) is 13.1 Å². The maximum Gasteiger partial charge on any atom is 0.0853 e. The van der Waals surface area contributed by atoms with Gasteiger partial charge in [0.15, 0.2) is 0 Å². The highest BCUT2D eigenvalue weighted by Gasteiger charge is 2.12. The molecule has 0 radical (unpaired) electrons. The van der Waals surface area contributed by atoms with Gasteiger partial charge in [-0.1, -0.05) is 190 Å². The molecule has 0 spiro atoms. The second-order valence-corrected chi connectivity index (χ2v) is 16.4. The van der Waals surface area contributed by atoms with Crippen molar-refractivity contribution in [3.63, 3.8) is 0 Å². The number of unbranched alkanes of at least 4 members (excludes halogenated alkanes) is 18. The Morgan fingerprint density at radius 2 is 0.696 bits per heavy atom. The Morgan fingerprint density at radius 1 is 0.357 bits per heavy atom. The first kappa shape index (κ1) is 41.2. The summed E-state index contributed by atoms with van der Waals surface area (Å²) < 4.78 is 4.73. The fourth-order valence-corrected chi connectivity index (χ4v) is 8.81. The van der Waals surface area contributed by atoms with Gasteiger partial charge in [-0.2, -0.15) is 0 Å². The molecule has 4 aromatic carbocycles. The van der Waals surface area contributed by atoms with Crippen molar-refractivity contribution in [1.82, 2.24) is 9.13 Å². The largest absolute Gasteiger partial charge is 0.329 e. The Balaban J connectivity index is 1.03. The molecular weight excluding hydrogens is 677 g/mol. The Hall–Kier alpha value is -4.40. The normalized spacial score (nSPS) is 11.4. The molecule has 0 unspecified atom stereocenters. The van der Waals surface area contributed by atoms with E-state index in [1.165, 1.54) is 183 Å². The average molecular weight is 745 g/mol. The third-order valence-electron chi connectivity index (χ3n) is 12.0. The van der Waals surface area contributed by atoms with E-state index in [0.717, 1.165) is 12.8 Å². The van der Waals surface area contributed by atoms with Crippen LogP contribution in [0.15, 0.2) is 84.9 Å². The minimum absolute atomic E-state index is 0.633. The molecule has 0 aliphatic rings. The second kappa shape index (κ2) is 23.0. The van der Waals surface area contributed by atoms with Crippen molar-refractivity contribution in [2.24, 2.45) is 0 Å². The van der Waals surface area contributed by atoms with E-state index in [-0.39, 0.29) is 0 Å². The molecule has 0 saturated heterocycles. The van der Waals surface area contributed by atoms with Crippen molar-refractivity contribution in [3.05, 3.63) is 96.1 Å². The van der Waals surface area contributed by atoms with E-state index in [1.807, 2.05) is 0 Å². The molecule has 6 aromatic rings. The first-order valence-electron chi connectivity index (χ1n) is 22.7. The Labute approximate surface area is 339 Å². The summed E-state index contributed by atoms with van der Waals surface area (Å²) in [4.78, 5) is 0. The van der Waals surface area contributed by atoms with Crippen LogP contribution in [0.3, 0.4) is 0 Å². The molecule has 0 bridgehead atoms. The molecule has 294 valence electrons. The topological polar surface area (TPSA) is 9.86 Å². The molecule has 2 aromatic heterocycles. The van der Waals surface area contributed by atoms with Gasteiger partial charge in [-0.15, -0.1) is 0 Å². The maximum absolute atomic E-state index is 3.40. The Bertz CT molecular complexity index is 2060. The number of fused-ring (bicyclic) bond motifs is 6.